The summed E-state index contributed by atoms with van der Waals surface area (Å²) >= 11 is 3.61. The molecule has 1 unspecified atom stereocenters. The maximum Gasteiger partial charge on any atom is 0.0815 e. The van der Waals surface area contributed by atoms with E-state index in [0.717, 1.165) is 28.8 Å². The Balaban J connectivity index is 2.02. The van der Waals surface area contributed by atoms with Crippen molar-refractivity contribution in [1.29, 1.82) is 0 Å². The second kappa shape index (κ2) is 6.24. The van der Waals surface area contributed by atoms with Gasteiger partial charge >= 0.3 is 0 Å². The van der Waals surface area contributed by atoms with Crippen LogP contribution < -0.4 is 5.32 Å². The van der Waals surface area contributed by atoms with Crippen molar-refractivity contribution in [3.05, 3.63) is 46.2 Å². The lowest BCUT2D eigenvalue weighted by atomic mass is 10.2. The topological polar surface area (TPSA) is 29.9 Å². The van der Waals surface area contributed by atoms with E-state index >= 15 is 0 Å². The van der Waals surface area contributed by atoms with Crippen LogP contribution in [0.2, 0.25) is 0 Å². The number of anilines is 1. The van der Waals surface area contributed by atoms with E-state index in [1.165, 1.54) is 5.56 Å². The van der Waals surface area contributed by atoms with Crippen LogP contribution in [0.15, 0.2) is 34.9 Å². The SMILES string of the molecule is CCC(C)n1ccc(CNc2cccc(C)c2Br)n1. The predicted molar refractivity (Wildman–Crippen MR) is 83.4 cm³/mol. The number of hydrogen-bond donors (Lipinski definition) is 1. The van der Waals surface area contributed by atoms with E-state index in [1.54, 1.807) is 0 Å². The maximum absolute atomic E-state index is 4.59. The van der Waals surface area contributed by atoms with Gasteiger partial charge in [-0.2, -0.15) is 5.10 Å². The quantitative estimate of drug-likeness (QED) is 0.876. The number of nitrogens with zero attached hydrogens (tertiary/aromatic N) is 2. The summed E-state index contributed by atoms with van der Waals surface area (Å²) in [4.78, 5) is 0. The van der Waals surface area contributed by atoms with Crippen molar-refractivity contribution in [2.24, 2.45) is 0 Å². The van der Waals surface area contributed by atoms with Crippen LogP contribution in [0.1, 0.15) is 37.6 Å². The van der Waals surface area contributed by atoms with Crippen LogP contribution in [0, 0.1) is 6.92 Å². The van der Waals surface area contributed by atoms with Crippen molar-refractivity contribution in [3.8, 4) is 0 Å². The lowest BCUT2D eigenvalue weighted by Gasteiger charge is -2.10. The Morgan fingerprint density at radius 2 is 2.16 bits per heavy atom. The fourth-order valence-corrected chi connectivity index (χ4v) is 2.28. The van der Waals surface area contributed by atoms with Crippen LogP contribution in [0.5, 0.6) is 0 Å². The Morgan fingerprint density at radius 3 is 2.89 bits per heavy atom. The molecule has 0 amide bonds. The van der Waals surface area contributed by atoms with Gasteiger partial charge in [0.1, 0.15) is 0 Å². The van der Waals surface area contributed by atoms with Gasteiger partial charge in [-0.3, -0.25) is 4.68 Å². The number of rotatable bonds is 5. The summed E-state index contributed by atoms with van der Waals surface area (Å²) in [7, 11) is 0. The summed E-state index contributed by atoms with van der Waals surface area (Å²) in [6, 6.07) is 8.75. The third kappa shape index (κ3) is 3.38. The number of aryl methyl sites for hydroxylation is 1. The largest absolute Gasteiger partial charge is 0.378 e. The zero-order chi connectivity index (χ0) is 13.8. The normalized spacial score (nSPS) is 12.4. The smallest absolute Gasteiger partial charge is 0.0815 e. The van der Waals surface area contributed by atoms with Crippen LogP contribution >= 0.6 is 15.9 Å². The molecule has 1 aromatic heterocycles. The van der Waals surface area contributed by atoms with E-state index < -0.39 is 0 Å². The number of aromatic nitrogens is 2. The third-order valence-electron chi connectivity index (χ3n) is 3.36. The first-order chi connectivity index (χ1) is 9.11. The fraction of sp³-hybridized carbons (Fsp3) is 0.400. The van der Waals surface area contributed by atoms with E-state index in [0.29, 0.717) is 6.04 Å². The van der Waals surface area contributed by atoms with Crippen LogP contribution in [0.4, 0.5) is 5.69 Å². The third-order valence-corrected chi connectivity index (χ3v) is 4.41. The zero-order valence-corrected chi connectivity index (χ0v) is 13.2. The van der Waals surface area contributed by atoms with Gasteiger partial charge in [-0.05, 0) is 53.9 Å². The zero-order valence-electron chi connectivity index (χ0n) is 11.7. The summed E-state index contributed by atoms with van der Waals surface area (Å²) in [5.74, 6) is 0. The molecule has 0 aliphatic heterocycles. The van der Waals surface area contributed by atoms with Crippen molar-refractivity contribution in [2.45, 2.75) is 39.8 Å². The van der Waals surface area contributed by atoms with Crippen molar-refractivity contribution >= 4 is 21.6 Å². The number of hydrogen-bond acceptors (Lipinski definition) is 2. The molecule has 0 fully saturated rings. The molecule has 0 radical (unpaired) electrons. The van der Waals surface area contributed by atoms with E-state index in [1.807, 2.05) is 4.68 Å². The summed E-state index contributed by atoms with van der Waals surface area (Å²) in [5, 5.41) is 8.00. The molecule has 19 heavy (non-hydrogen) atoms. The molecule has 0 aliphatic carbocycles. The highest BCUT2D eigenvalue weighted by atomic mass is 79.9. The molecule has 0 bridgehead atoms. The Morgan fingerprint density at radius 1 is 1.37 bits per heavy atom. The average molecular weight is 322 g/mol. The second-order valence-corrected chi connectivity index (χ2v) is 5.63. The molecule has 4 heteroatoms. The summed E-state index contributed by atoms with van der Waals surface area (Å²) < 4.78 is 3.15. The van der Waals surface area contributed by atoms with Gasteiger partial charge < -0.3 is 5.32 Å². The van der Waals surface area contributed by atoms with Gasteiger partial charge in [-0.25, -0.2) is 0 Å². The van der Waals surface area contributed by atoms with E-state index in [-0.39, 0.29) is 0 Å². The van der Waals surface area contributed by atoms with Crippen LogP contribution in [-0.4, -0.2) is 9.78 Å². The summed E-state index contributed by atoms with van der Waals surface area (Å²) in [6.07, 6.45) is 3.15. The van der Waals surface area contributed by atoms with Gasteiger partial charge in [0, 0.05) is 22.4 Å². The molecule has 3 nitrogen and oxygen atoms in total. The van der Waals surface area contributed by atoms with Crippen molar-refractivity contribution in [3.63, 3.8) is 0 Å². The molecule has 0 saturated carbocycles. The lowest BCUT2D eigenvalue weighted by molar-refractivity contribution is 0.474. The molecule has 2 aromatic rings. The van der Waals surface area contributed by atoms with E-state index in [9.17, 15) is 0 Å². The van der Waals surface area contributed by atoms with Crippen molar-refractivity contribution < 1.29 is 0 Å². The molecule has 1 aromatic carbocycles. The highest BCUT2D eigenvalue weighted by molar-refractivity contribution is 9.10. The van der Waals surface area contributed by atoms with Gasteiger partial charge in [0.05, 0.1) is 12.2 Å². The van der Waals surface area contributed by atoms with Crippen LogP contribution in [0.25, 0.3) is 0 Å². The van der Waals surface area contributed by atoms with Crippen LogP contribution in [-0.2, 0) is 6.54 Å². The Hall–Kier alpha value is -1.29. The standard InChI is InChI=1S/C15H20BrN3/c1-4-12(3)19-9-8-13(18-19)10-17-14-7-5-6-11(2)15(14)16/h5-9,12,17H,4,10H2,1-3H3. The molecular weight excluding hydrogens is 302 g/mol. The monoisotopic (exact) mass is 321 g/mol. The minimum atomic E-state index is 0.458. The molecule has 0 spiro atoms. The summed E-state index contributed by atoms with van der Waals surface area (Å²) in [6.45, 7) is 7.19. The summed E-state index contributed by atoms with van der Waals surface area (Å²) in [5.41, 5.74) is 3.40. The molecule has 2 rings (SSSR count). The molecule has 0 saturated heterocycles. The van der Waals surface area contributed by atoms with Crippen molar-refractivity contribution in [2.75, 3.05) is 5.32 Å². The molecule has 102 valence electrons. The van der Waals surface area contributed by atoms with Crippen molar-refractivity contribution in [1.82, 2.24) is 9.78 Å². The number of halogens is 1. The highest BCUT2D eigenvalue weighted by Gasteiger charge is 2.06. The molecule has 1 atom stereocenters. The van der Waals surface area contributed by atoms with Gasteiger partial charge in [0.25, 0.3) is 0 Å². The second-order valence-electron chi connectivity index (χ2n) is 4.83. The lowest BCUT2D eigenvalue weighted by Crippen LogP contribution is -2.06. The molecule has 1 heterocycles. The van der Waals surface area contributed by atoms with E-state index in [2.05, 4.69) is 77.6 Å². The molecule has 0 aliphatic rings. The first kappa shape index (κ1) is 14.1. The first-order valence-electron chi connectivity index (χ1n) is 6.64. The first-order valence-corrected chi connectivity index (χ1v) is 7.44. The Kier molecular flexibility index (Phi) is 4.64. The van der Waals surface area contributed by atoms with Gasteiger partial charge in [-0.1, -0.05) is 19.1 Å². The number of nitrogens with one attached hydrogen (secondary N) is 1. The fourth-order valence-electron chi connectivity index (χ4n) is 1.87. The Bertz CT molecular complexity index is 548. The highest BCUT2D eigenvalue weighted by Crippen LogP contribution is 2.26. The van der Waals surface area contributed by atoms with Gasteiger partial charge in [-0.15, -0.1) is 0 Å². The predicted octanol–water partition coefficient (Wildman–Crippen LogP) is 4.54. The molecule has 1 N–H and O–H groups in total. The molecular formula is C15H20BrN3. The average Bonchev–Trinajstić information content (AvgIpc) is 2.88. The maximum atomic E-state index is 4.59. The minimum absolute atomic E-state index is 0.458. The minimum Gasteiger partial charge on any atom is -0.378 e. The van der Waals surface area contributed by atoms with Gasteiger partial charge in [0.15, 0.2) is 0 Å². The number of benzene rings is 1. The Labute approximate surface area is 123 Å². The van der Waals surface area contributed by atoms with E-state index in [4.69, 9.17) is 0 Å². The van der Waals surface area contributed by atoms with Gasteiger partial charge in [0.2, 0.25) is 0 Å². The van der Waals surface area contributed by atoms with Crippen LogP contribution in [0.3, 0.4) is 0 Å².